The molecular weight excluding hydrogens is 623 g/mol. The maximum atomic E-state index is 17.2. The lowest BCUT2D eigenvalue weighted by atomic mass is 9.45. The molecule has 4 N–H and O–H groups in total. The number of esters is 1. The van der Waals surface area contributed by atoms with Gasteiger partial charge in [-0.3, -0.25) is 9.59 Å². The zero-order valence-electron chi connectivity index (χ0n) is 25.8. The van der Waals surface area contributed by atoms with Crippen LogP contribution in [0.4, 0.5) is 9.18 Å². The molecule has 0 bridgehead atoms. The van der Waals surface area contributed by atoms with E-state index in [1.807, 2.05) is 0 Å². The van der Waals surface area contributed by atoms with Gasteiger partial charge in [-0.1, -0.05) is 36.8 Å². The molecule has 0 heterocycles. The molecule has 1 amide bonds. The highest BCUT2D eigenvalue weighted by molar-refractivity contribution is 5.94. The van der Waals surface area contributed by atoms with Gasteiger partial charge in [0.05, 0.1) is 24.3 Å². The zero-order valence-corrected chi connectivity index (χ0v) is 25.8. The molecule has 47 heavy (non-hydrogen) atoms. The number of rotatable bonds is 10. The minimum Gasteiger partial charge on any atom is -0.460 e. The number of aliphatic hydroxyl groups excluding tert-OH is 2. The van der Waals surface area contributed by atoms with Gasteiger partial charge < -0.3 is 34.9 Å². The van der Waals surface area contributed by atoms with Gasteiger partial charge >= 0.3 is 12.1 Å². The van der Waals surface area contributed by atoms with Gasteiger partial charge in [0, 0.05) is 23.2 Å². The van der Waals surface area contributed by atoms with Crippen LogP contribution in [-0.4, -0.2) is 87.3 Å². The Morgan fingerprint density at radius 1 is 1.11 bits per heavy atom. The van der Waals surface area contributed by atoms with E-state index in [9.17, 15) is 44.6 Å². The summed E-state index contributed by atoms with van der Waals surface area (Å²) in [5.74, 6) is -3.51. The Balaban J connectivity index is 1.16. The molecule has 2 saturated carbocycles. The van der Waals surface area contributed by atoms with Gasteiger partial charge in [-0.25, -0.2) is 14.0 Å². The van der Waals surface area contributed by atoms with Crippen molar-refractivity contribution < 1.29 is 58.3 Å². The summed E-state index contributed by atoms with van der Waals surface area (Å²) in [4.78, 5) is 64.5. The van der Waals surface area contributed by atoms with E-state index in [0.29, 0.717) is 11.1 Å². The smallest absolute Gasteiger partial charge is 0.407 e. The number of benzene rings is 1. The fourth-order valence-corrected chi connectivity index (χ4v) is 8.17. The van der Waals surface area contributed by atoms with Crippen LogP contribution in [0.15, 0.2) is 48.1 Å². The highest BCUT2D eigenvalue weighted by Crippen LogP contribution is 2.69. The number of halogens is 1. The second-order valence-electron chi connectivity index (χ2n) is 13.0. The van der Waals surface area contributed by atoms with Crippen LogP contribution in [0.3, 0.4) is 0 Å². The molecule has 0 radical (unpaired) electrons. The molecule has 254 valence electrons. The summed E-state index contributed by atoms with van der Waals surface area (Å²) in [6.07, 6.45) is -0.0567. The third-order valence-electron chi connectivity index (χ3n) is 10.7. The number of Topliss-reactive ketones (excluding diaryl/α,β-unsaturated/α-hetero) is 1. The first kappa shape index (κ1) is 34.1. The molecule has 14 nitrogen and oxygen atoms in total. The number of carbonyl (C=O) groups is 4. The minimum absolute atomic E-state index is 0.0340. The van der Waals surface area contributed by atoms with E-state index in [1.165, 1.54) is 43.3 Å². The number of hydrogen-bond acceptors (Lipinski definition) is 12. The zero-order chi connectivity index (χ0) is 34.4. The highest BCUT2D eigenvalue weighted by atomic mass is 19.1. The topological polar surface area (TPSA) is 212 Å². The van der Waals surface area contributed by atoms with E-state index >= 15 is 4.39 Å². The summed E-state index contributed by atoms with van der Waals surface area (Å²) >= 11 is 0. The third-order valence-corrected chi connectivity index (χ3v) is 10.7. The van der Waals surface area contributed by atoms with E-state index in [2.05, 4.69) is 10.2 Å². The predicted octanol–water partition coefficient (Wildman–Crippen LogP) is 1.92. The molecule has 0 aromatic heterocycles. The quantitative estimate of drug-likeness (QED) is 0.0932. The summed E-state index contributed by atoms with van der Waals surface area (Å²) in [7, 11) is 0. The van der Waals surface area contributed by atoms with Crippen molar-refractivity contribution in [2.24, 2.45) is 22.7 Å². The molecule has 8 atom stereocenters. The number of hydrogen-bond donors (Lipinski definition) is 4. The molecule has 2 fully saturated rings. The first-order valence-electron chi connectivity index (χ1n) is 15.2. The van der Waals surface area contributed by atoms with Crippen LogP contribution in [0.1, 0.15) is 55.5 Å². The summed E-state index contributed by atoms with van der Waals surface area (Å²) in [5.41, 5.74) is -6.24. The molecular formula is C32H37FN2O12. The van der Waals surface area contributed by atoms with Gasteiger partial charge in [-0.2, -0.15) is 0 Å². The molecule has 0 saturated heterocycles. The lowest BCUT2D eigenvalue weighted by Gasteiger charge is -2.61. The summed E-state index contributed by atoms with van der Waals surface area (Å²) in [6, 6.07) is 5.67. The molecule has 5 rings (SSSR count). The molecule has 0 spiro atoms. The van der Waals surface area contributed by atoms with Crippen molar-refractivity contribution in [1.29, 1.82) is 0 Å². The number of ether oxygens (including phenoxy) is 2. The summed E-state index contributed by atoms with van der Waals surface area (Å²) in [5, 5.41) is 45.8. The number of carbonyl (C=O) groups excluding carboxylic acids is 4. The minimum atomic E-state index is -2.45. The molecule has 15 heteroatoms. The number of fused-ring (bicyclic) bond motifs is 5. The fourth-order valence-electron chi connectivity index (χ4n) is 8.17. The van der Waals surface area contributed by atoms with Crippen LogP contribution in [0.25, 0.3) is 0 Å². The van der Waals surface area contributed by atoms with Crippen LogP contribution in [-0.2, 0) is 30.5 Å². The van der Waals surface area contributed by atoms with Crippen LogP contribution in [0, 0.1) is 32.8 Å². The lowest BCUT2D eigenvalue weighted by Crippen LogP contribution is -2.69. The van der Waals surface area contributed by atoms with Crippen molar-refractivity contribution in [3.8, 4) is 0 Å². The van der Waals surface area contributed by atoms with Crippen LogP contribution >= 0.6 is 0 Å². The second kappa shape index (κ2) is 12.4. The average Bonchev–Trinajstić information content (AvgIpc) is 3.23. The number of ketones is 2. The van der Waals surface area contributed by atoms with E-state index in [1.54, 1.807) is 13.0 Å². The van der Waals surface area contributed by atoms with E-state index in [4.69, 9.17) is 9.47 Å². The Bertz CT molecular complexity index is 1530. The predicted molar refractivity (Wildman–Crippen MR) is 158 cm³/mol. The van der Waals surface area contributed by atoms with Crippen molar-refractivity contribution in [1.82, 2.24) is 5.32 Å². The van der Waals surface area contributed by atoms with Crippen LogP contribution in [0.5, 0.6) is 0 Å². The van der Waals surface area contributed by atoms with Crippen LogP contribution in [0.2, 0.25) is 0 Å². The largest absolute Gasteiger partial charge is 0.460 e. The monoisotopic (exact) mass is 660 g/mol. The molecule has 1 aromatic carbocycles. The third kappa shape index (κ3) is 5.59. The van der Waals surface area contributed by atoms with E-state index in [-0.39, 0.29) is 56.8 Å². The number of nitrogens with one attached hydrogen (secondary N) is 1. The first-order valence-corrected chi connectivity index (χ1v) is 15.2. The van der Waals surface area contributed by atoms with E-state index in [0.717, 1.165) is 0 Å². The maximum absolute atomic E-state index is 17.2. The standard InChI is InChI=1S/C32H37FN2O12/c1-29-10-9-21(36)13-20(29)7-8-22-23-14-24(37)32(42,30(23,2)15-25(38)31(22,29)33)26(39)17-46-28(41)34-11-12-45-27(40)19-5-3-18(4-6-19)16-47-35(43)44/h3-7,9-10,22-25,37-38,42H,8,11-17H2,1-2H3,(H,34,41)/t22-,23-,24+,25-,29-,30-,31-,32-/m0/s1. The van der Waals surface area contributed by atoms with Gasteiger partial charge in [0.1, 0.15) is 13.2 Å². The Morgan fingerprint density at radius 2 is 1.81 bits per heavy atom. The fraction of sp³-hybridized carbons (Fsp3) is 0.562. The first-order chi connectivity index (χ1) is 22.1. The summed E-state index contributed by atoms with van der Waals surface area (Å²) < 4.78 is 27.3. The second-order valence-corrected chi connectivity index (χ2v) is 13.0. The number of allylic oxidation sites excluding steroid dienone is 4. The summed E-state index contributed by atoms with van der Waals surface area (Å²) in [6.45, 7) is 1.49. The number of amides is 1. The van der Waals surface area contributed by atoms with Crippen molar-refractivity contribution in [2.45, 2.75) is 69.6 Å². The van der Waals surface area contributed by atoms with E-state index < -0.39 is 75.7 Å². The number of nitrogens with zero attached hydrogens (tertiary/aromatic N) is 1. The Labute approximate surface area is 268 Å². The number of aliphatic hydroxyl groups is 3. The van der Waals surface area contributed by atoms with Gasteiger partial charge in [0.25, 0.3) is 5.09 Å². The lowest BCUT2D eigenvalue weighted by molar-refractivity contribution is -0.763. The number of alkyl halides is 1. The average molecular weight is 661 g/mol. The Hall–Kier alpha value is -4.21. The van der Waals surface area contributed by atoms with Gasteiger partial charge in [0.2, 0.25) is 5.78 Å². The van der Waals surface area contributed by atoms with Gasteiger partial charge in [-0.05, 0) is 55.9 Å². The van der Waals surface area contributed by atoms with Crippen molar-refractivity contribution in [3.63, 3.8) is 0 Å². The van der Waals surface area contributed by atoms with Crippen molar-refractivity contribution in [3.05, 3.63) is 69.3 Å². The Morgan fingerprint density at radius 3 is 2.49 bits per heavy atom. The molecule has 1 aromatic rings. The maximum Gasteiger partial charge on any atom is 0.407 e. The molecule has 4 aliphatic rings. The van der Waals surface area contributed by atoms with Crippen molar-refractivity contribution in [2.75, 3.05) is 19.8 Å². The van der Waals surface area contributed by atoms with Crippen LogP contribution < -0.4 is 5.32 Å². The van der Waals surface area contributed by atoms with Gasteiger partial charge in [-0.15, -0.1) is 10.1 Å². The normalized spacial score (nSPS) is 35.4. The van der Waals surface area contributed by atoms with Gasteiger partial charge in [0.15, 0.2) is 23.7 Å². The molecule has 0 unspecified atom stereocenters. The Kier molecular flexibility index (Phi) is 9.03. The molecule has 0 aliphatic heterocycles. The SMILES string of the molecule is C[C@]12C=CC(=O)CC1=CC[C@H]1[C@@H]3C[C@@H](O)[C@](O)(C(=O)COC(=O)NCCOC(=O)c4ccc(CO[N+](=O)[O-])cc4)[C@@]3(C)C[C@H](O)[C@@]12F. The number of alkyl carbamates (subject to hydrolysis) is 1. The van der Waals surface area contributed by atoms with Crippen molar-refractivity contribution >= 4 is 23.6 Å². The molecule has 4 aliphatic carbocycles. The highest BCUT2D eigenvalue weighted by Gasteiger charge is 2.76.